The molecular formula is C17H19N3O3. The lowest BCUT2D eigenvalue weighted by atomic mass is 10.2. The lowest BCUT2D eigenvalue weighted by molar-refractivity contribution is -0.115. The largest absolute Gasteiger partial charge is 0.495 e. The molecule has 120 valence electrons. The molecule has 0 fully saturated rings. The van der Waals surface area contributed by atoms with Crippen LogP contribution in [0.5, 0.6) is 5.75 Å². The van der Waals surface area contributed by atoms with Gasteiger partial charge in [-0.1, -0.05) is 12.1 Å². The maximum absolute atomic E-state index is 12.0. The topological polar surface area (TPSA) is 80.3 Å². The Hall–Kier alpha value is -2.89. The van der Waals surface area contributed by atoms with Gasteiger partial charge in [-0.05, 0) is 43.7 Å². The monoisotopic (exact) mass is 313 g/mol. The number of amides is 2. The zero-order valence-electron chi connectivity index (χ0n) is 13.3. The predicted octanol–water partition coefficient (Wildman–Crippen LogP) is 2.08. The van der Waals surface area contributed by atoms with Crippen molar-refractivity contribution in [3.63, 3.8) is 0 Å². The molecule has 1 aromatic heterocycles. The number of ether oxygens (including phenoxy) is 1. The van der Waals surface area contributed by atoms with Gasteiger partial charge >= 0.3 is 0 Å². The van der Waals surface area contributed by atoms with Gasteiger partial charge in [0, 0.05) is 5.69 Å². The number of aromatic nitrogens is 1. The van der Waals surface area contributed by atoms with Crippen LogP contribution in [0.2, 0.25) is 0 Å². The van der Waals surface area contributed by atoms with Gasteiger partial charge in [0.1, 0.15) is 11.4 Å². The first-order valence-corrected chi connectivity index (χ1v) is 7.16. The fraction of sp³-hybridized carbons (Fsp3) is 0.235. The van der Waals surface area contributed by atoms with Crippen molar-refractivity contribution in [2.75, 3.05) is 19.0 Å². The van der Waals surface area contributed by atoms with E-state index in [9.17, 15) is 9.59 Å². The van der Waals surface area contributed by atoms with Crippen molar-refractivity contribution >= 4 is 17.5 Å². The average Bonchev–Trinajstić information content (AvgIpc) is 2.53. The van der Waals surface area contributed by atoms with Crippen LogP contribution in [0.1, 0.15) is 21.7 Å². The van der Waals surface area contributed by atoms with E-state index in [1.54, 1.807) is 37.3 Å². The summed E-state index contributed by atoms with van der Waals surface area (Å²) in [6.07, 6.45) is 0. The van der Waals surface area contributed by atoms with E-state index >= 15 is 0 Å². The van der Waals surface area contributed by atoms with Gasteiger partial charge in [0.25, 0.3) is 5.91 Å². The summed E-state index contributed by atoms with van der Waals surface area (Å²) in [5.41, 5.74) is 2.59. The molecule has 2 aromatic rings. The minimum atomic E-state index is -0.389. The number of rotatable bonds is 5. The minimum absolute atomic E-state index is 0.147. The van der Waals surface area contributed by atoms with Crippen molar-refractivity contribution in [3.05, 3.63) is 53.3 Å². The number of aryl methyl sites for hydroxylation is 2. The number of carbonyl (C=O) groups is 2. The van der Waals surface area contributed by atoms with Gasteiger partial charge < -0.3 is 15.4 Å². The van der Waals surface area contributed by atoms with E-state index in [4.69, 9.17) is 4.74 Å². The quantitative estimate of drug-likeness (QED) is 0.885. The van der Waals surface area contributed by atoms with Crippen LogP contribution in [0.4, 0.5) is 5.69 Å². The second-order valence-electron chi connectivity index (χ2n) is 5.10. The van der Waals surface area contributed by atoms with E-state index in [0.717, 1.165) is 11.3 Å². The summed E-state index contributed by atoms with van der Waals surface area (Å²) in [6, 6.07) is 10.6. The molecule has 0 unspecified atom stereocenters. The van der Waals surface area contributed by atoms with E-state index in [1.807, 2.05) is 13.0 Å². The Balaban J connectivity index is 1.95. The molecule has 0 aliphatic rings. The first-order chi connectivity index (χ1) is 11.0. The Morgan fingerprint density at radius 3 is 2.65 bits per heavy atom. The highest BCUT2D eigenvalue weighted by atomic mass is 16.5. The summed E-state index contributed by atoms with van der Waals surface area (Å²) in [4.78, 5) is 28.1. The van der Waals surface area contributed by atoms with Crippen LogP contribution in [0.15, 0.2) is 36.4 Å². The molecule has 0 radical (unpaired) electrons. The molecular weight excluding hydrogens is 294 g/mol. The van der Waals surface area contributed by atoms with Gasteiger partial charge in [-0.25, -0.2) is 4.98 Å². The molecule has 2 rings (SSSR count). The number of anilines is 1. The molecule has 6 nitrogen and oxygen atoms in total. The lowest BCUT2D eigenvalue weighted by Gasteiger charge is -2.11. The summed E-state index contributed by atoms with van der Waals surface area (Å²) in [7, 11) is 1.53. The van der Waals surface area contributed by atoms with Crippen molar-refractivity contribution in [2.24, 2.45) is 0 Å². The van der Waals surface area contributed by atoms with E-state index in [1.165, 1.54) is 7.11 Å². The molecule has 0 aliphatic heterocycles. The first-order valence-electron chi connectivity index (χ1n) is 7.16. The SMILES string of the molecule is COc1ccc(C)cc1NC(=O)CNC(=O)c1cccc(C)n1. The summed E-state index contributed by atoms with van der Waals surface area (Å²) in [5, 5.41) is 5.27. The van der Waals surface area contributed by atoms with E-state index in [-0.39, 0.29) is 24.1 Å². The molecule has 1 aromatic carbocycles. The van der Waals surface area contributed by atoms with Gasteiger partial charge in [-0.3, -0.25) is 9.59 Å². The summed E-state index contributed by atoms with van der Waals surface area (Å²) in [6.45, 7) is 3.57. The molecule has 0 spiro atoms. The van der Waals surface area contributed by atoms with Crippen molar-refractivity contribution in [1.29, 1.82) is 0 Å². The zero-order chi connectivity index (χ0) is 16.8. The fourth-order valence-corrected chi connectivity index (χ4v) is 2.03. The Morgan fingerprint density at radius 1 is 1.17 bits per heavy atom. The van der Waals surface area contributed by atoms with Gasteiger partial charge in [0.15, 0.2) is 0 Å². The Morgan fingerprint density at radius 2 is 1.96 bits per heavy atom. The Labute approximate surface area is 134 Å². The normalized spacial score (nSPS) is 10.0. The molecule has 1 heterocycles. The van der Waals surface area contributed by atoms with E-state index < -0.39 is 0 Å². The number of nitrogens with zero attached hydrogens (tertiary/aromatic N) is 1. The summed E-state index contributed by atoms with van der Waals surface area (Å²) < 4.78 is 5.20. The van der Waals surface area contributed by atoms with Gasteiger partial charge in [-0.2, -0.15) is 0 Å². The smallest absolute Gasteiger partial charge is 0.270 e. The molecule has 0 aliphatic carbocycles. The minimum Gasteiger partial charge on any atom is -0.495 e. The molecule has 6 heteroatoms. The third kappa shape index (κ3) is 4.54. The predicted molar refractivity (Wildman–Crippen MR) is 87.7 cm³/mol. The van der Waals surface area contributed by atoms with Crippen molar-refractivity contribution in [1.82, 2.24) is 10.3 Å². The van der Waals surface area contributed by atoms with Crippen LogP contribution >= 0.6 is 0 Å². The van der Waals surface area contributed by atoms with Crippen LogP contribution in [0.25, 0.3) is 0 Å². The van der Waals surface area contributed by atoms with Crippen LogP contribution < -0.4 is 15.4 Å². The standard InChI is InChI=1S/C17H19N3O3/c1-11-7-8-15(23-3)14(9-11)20-16(21)10-18-17(22)13-6-4-5-12(2)19-13/h4-9H,10H2,1-3H3,(H,18,22)(H,20,21). The van der Waals surface area contributed by atoms with Gasteiger partial charge in [0.05, 0.1) is 19.3 Å². The van der Waals surface area contributed by atoms with Crippen LogP contribution in [0.3, 0.4) is 0 Å². The molecule has 2 N–H and O–H groups in total. The van der Waals surface area contributed by atoms with Crippen LogP contribution in [0, 0.1) is 13.8 Å². The van der Waals surface area contributed by atoms with Crippen molar-refractivity contribution in [2.45, 2.75) is 13.8 Å². The number of nitrogens with one attached hydrogen (secondary N) is 2. The maximum atomic E-state index is 12.0. The van der Waals surface area contributed by atoms with E-state index in [2.05, 4.69) is 15.6 Å². The number of benzene rings is 1. The molecule has 0 saturated heterocycles. The highest BCUT2D eigenvalue weighted by molar-refractivity contribution is 5.99. The third-order valence-electron chi connectivity index (χ3n) is 3.16. The number of carbonyl (C=O) groups excluding carboxylic acids is 2. The summed E-state index contributed by atoms with van der Waals surface area (Å²) >= 11 is 0. The summed E-state index contributed by atoms with van der Waals surface area (Å²) in [5.74, 6) is -0.161. The maximum Gasteiger partial charge on any atom is 0.270 e. The molecule has 2 amide bonds. The second kappa shape index (κ2) is 7.40. The van der Waals surface area contributed by atoms with E-state index in [0.29, 0.717) is 11.4 Å². The van der Waals surface area contributed by atoms with Crippen molar-refractivity contribution in [3.8, 4) is 5.75 Å². The van der Waals surface area contributed by atoms with Crippen LogP contribution in [-0.2, 0) is 4.79 Å². The number of hydrogen-bond donors (Lipinski definition) is 2. The van der Waals surface area contributed by atoms with Gasteiger partial charge in [-0.15, -0.1) is 0 Å². The molecule has 0 bridgehead atoms. The number of methoxy groups -OCH3 is 1. The molecule has 0 atom stereocenters. The molecule has 23 heavy (non-hydrogen) atoms. The lowest BCUT2D eigenvalue weighted by Crippen LogP contribution is -2.33. The fourth-order valence-electron chi connectivity index (χ4n) is 2.03. The Kier molecular flexibility index (Phi) is 5.30. The highest BCUT2D eigenvalue weighted by Gasteiger charge is 2.11. The number of hydrogen-bond acceptors (Lipinski definition) is 4. The second-order valence-corrected chi connectivity index (χ2v) is 5.10. The average molecular weight is 313 g/mol. The zero-order valence-corrected chi connectivity index (χ0v) is 13.3. The van der Waals surface area contributed by atoms with Crippen LogP contribution in [-0.4, -0.2) is 30.5 Å². The third-order valence-corrected chi connectivity index (χ3v) is 3.16. The highest BCUT2D eigenvalue weighted by Crippen LogP contribution is 2.24. The first kappa shape index (κ1) is 16.5. The Bertz CT molecular complexity index is 729. The van der Waals surface area contributed by atoms with Crippen molar-refractivity contribution < 1.29 is 14.3 Å². The molecule has 0 saturated carbocycles. The number of pyridine rings is 1. The van der Waals surface area contributed by atoms with Gasteiger partial charge in [0.2, 0.25) is 5.91 Å².